The Hall–Kier alpha value is -0.960. The van der Waals surface area contributed by atoms with Crippen LogP contribution in [0.25, 0.3) is 0 Å². The second-order valence-electron chi connectivity index (χ2n) is 4.98. The third kappa shape index (κ3) is 1.73. The van der Waals surface area contributed by atoms with Gasteiger partial charge in [0.1, 0.15) is 0 Å². The number of nitrogens with one attached hydrogen (secondary N) is 1. The van der Waals surface area contributed by atoms with Crippen LogP contribution in [0.2, 0.25) is 0 Å². The van der Waals surface area contributed by atoms with E-state index in [1.807, 2.05) is 12.1 Å². The van der Waals surface area contributed by atoms with Crippen LogP contribution in [0.5, 0.6) is 0 Å². The number of hydrogen-bond acceptors (Lipinski definition) is 1. The number of halogens is 2. The summed E-state index contributed by atoms with van der Waals surface area (Å²) in [5.41, 5.74) is 2.40. The standard InChI is InChI=1S/C13H15F2N/c14-13(15)5-11(6-13)9-1-3-10(4-2-9)12-7-16-8-12/h1-4,11-12,16H,5-8H2. The summed E-state index contributed by atoms with van der Waals surface area (Å²) in [7, 11) is 0. The van der Waals surface area contributed by atoms with Crippen molar-refractivity contribution < 1.29 is 8.78 Å². The number of hydrogen-bond donors (Lipinski definition) is 1. The van der Waals surface area contributed by atoms with Gasteiger partial charge in [-0.2, -0.15) is 0 Å². The Balaban J connectivity index is 1.68. The average molecular weight is 223 g/mol. The van der Waals surface area contributed by atoms with Crippen molar-refractivity contribution in [2.24, 2.45) is 0 Å². The Kier molecular flexibility index (Phi) is 2.25. The van der Waals surface area contributed by atoms with E-state index in [0.29, 0.717) is 5.92 Å². The minimum Gasteiger partial charge on any atom is -0.315 e. The maximum absolute atomic E-state index is 12.7. The molecule has 86 valence electrons. The van der Waals surface area contributed by atoms with E-state index in [4.69, 9.17) is 0 Å². The molecule has 0 radical (unpaired) electrons. The van der Waals surface area contributed by atoms with Crippen LogP contribution in [0.1, 0.15) is 35.8 Å². The Morgan fingerprint density at radius 3 is 1.81 bits per heavy atom. The fraction of sp³-hybridized carbons (Fsp3) is 0.538. The zero-order valence-electron chi connectivity index (χ0n) is 9.05. The van der Waals surface area contributed by atoms with Crippen LogP contribution in [-0.4, -0.2) is 19.0 Å². The van der Waals surface area contributed by atoms with Gasteiger partial charge in [0.05, 0.1) is 0 Å². The molecule has 0 spiro atoms. The highest BCUT2D eigenvalue weighted by molar-refractivity contribution is 5.31. The fourth-order valence-electron chi connectivity index (χ4n) is 2.46. The van der Waals surface area contributed by atoms with Crippen molar-refractivity contribution in [2.45, 2.75) is 30.6 Å². The minimum atomic E-state index is -2.42. The quantitative estimate of drug-likeness (QED) is 0.813. The molecule has 3 rings (SSSR count). The molecule has 1 saturated heterocycles. The van der Waals surface area contributed by atoms with Crippen molar-refractivity contribution in [1.29, 1.82) is 0 Å². The molecule has 0 atom stereocenters. The monoisotopic (exact) mass is 223 g/mol. The van der Waals surface area contributed by atoms with Crippen molar-refractivity contribution >= 4 is 0 Å². The normalized spacial score (nSPS) is 24.9. The van der Waals surface area contributed by atoms with E-state index in [-0.39, 0.29) is 18.8 Å². The molecule has 0 amide bonds. The third-order valence-electron chi connectivity index (χ3n) is 3.75. The van der Waals surface area contributed by atoms with Gasteiger partial charge in [-0.05, 0) is 17.0 Å². The molecule has 3 heteroatoms. The molecular formula is C13H15F2N. The molecule has 0 bridgehead atoms. The van der Waals surface area contributed by atoms with Gasteiger partial charge in [0.15, 0.2) is 0 Å². The van der Waals surface area contributed by atoms with Crippen molar-refractivity contribution in [1.82, 2.24) is 5.32 Å². The molecule has 0 unspecified atom stereocenters. The first-order valence-electron chi connectivity index (χ1n) is 5.82. The molecule has 1 nitrogen and oxygen atoms in total. The van der Waals surface area contributed by atoms with Gasteiger partial charge in [-0.1, -0.05) is 24.3 Å². The van der Waals surface area contributed by atoms with Crippen LogP contribution < -0.4 is 5.32 Å². The van der Waals surface area contributed by atoms with E-state index in [1.54, 1.807) is 0 Å². The van der Waals surface area contributed by atoms with Gasteiger partial charge in [-0.25, -0.2) is 8.78 Å². The summed E-state index contributed by atoms with van der Waals surface area (Å²) in [6.07, 6.45) is 0.0503. The van der Waals surface area contributed by atoms with E-state index < -0.39 is 5.92 Å². The van der Waals surface area contributed by atoms with Crippen LogP contribution in [0.15, 0.2) is 24.3 Å². The smallest absolute Gasteiger partial charge is 0.249 e. The first-order chi connectivity index (χ1) is 7.64. The summed E-state index contributed by atoms with van der Waals surface area (Å²) in [5.74, 6) is -1.72. The Labute approximate surface area is 93.9 Å². The first-order valence-corrected chi connectivity index (χ1v) is 5.82. The predicted molar refractivity (Wildman–Crippen MR) is 59.0 cm³/mol. The van der Waals surface area contributed by atoms with Crippen molar-refractivity contribution in [3.05, 3.63) is 35.4 Å². The molecule has 1 N–H and O–H groups in total. The largest absolute Gasteiger partial charge is 0.315 e. The molecule has 1 saturated carbocycles. The molecule has 1 aliphatic heterocycles. The Morgan fingerprint density at radius 1 is 0.938 bits per heavy atom. The summed E-state index contributed by atoms with van der Waals surface area (Å²) >= 11 is 0. The van der Waals surface area contributed by atoms with E-state index in [0.717, 1.165) is 18.7 Å². The summed E-state index contributed by atoms with van der Waals surface area (Å²) in [6.45, 7) is 2.09. The molecule has 1 heterocycles. The lowest BCUT2D eigenvalue weighted by atomic mass is 9.76. The predicted octanol–water partition coefficient (Wildman–Crippen LogP) is 2.89. The Morgan fingerprint density at radius 2 is 1.44 bits per heavy atom. The van der Waals surface area contributed by atoms with Crippen molar-refractivity contribution in [2.75, 3.05) is 13.1 Å². The molecule has 2 aliphatic rings. The molecule has 0 aromatic heterocycles. The summed E-state index contributed by atoms with van der Waals surface area (Å²) in [6, 6.07) is 8.23. The molecular weight excluding hydrogens is 208 g/mol. The van der Waals surface area contributed by atoms with E-state index in [1.165, 1.54) is 5.56 Å². The first kappa shape index (κ1) is 10.2. The minimum absolute atomic E-state index is 0.0251. The van der Waals surface area contributed by atoms with Gasteiger partial charge < -0.3 is 5.32 Å². The summed E-state index contributed by atoms with van der Waals surface area (Å²) in [5, 5.41) is 3.23. The fourth-order valence-corrected chi connectivity index (χ4v) is 2.46. The van der Waals surface area contributed by atoms with E-state index in [2.05, 4.69) is 17.4 Å². The van der Waals surface area contributed by atoms with Crippen LogP contribution in [-0.2, 0) is 0 Å². The second kappa shape index (κ2) is 3.52. The SMILES string of the molecule is FC1(F)CC(c2ccc(C3CNC3)cc2)C1. The van der Waals surface area contributed by atoms with Gasteiger partial charge >= 0.3 is 0 Å². The maximum Gasteiger partial charge on any atom is 0.249 e. The van der Waals surface area contributed by atoms with E-state index in [9.17, 15) is 8.78 Å². The van der Waals surface area contributed by atoms with Crippen molar-refractivity contribution in [3.63, 3.8) is 0 Å². The molecule has 1 aliphatic carbocycles. The third-order valence-corrected chi connectivity index (χ3v) is 3.75. The lowest BCUT2D eigenvalue weighted by molar-refractivity contribution is -0.0867. The van der Waals surface area contributed by atoms with Gasteiger partial charge in [0.2, 0.25) is 5.92 Å². The molecule has 1 aromatic carbocycles. The zero-order valence-corrected chi connectivity index (χ0v) is 9.05. The van der Waals surface area contributed by atoms with Gasteiger partial charge in [0, 0.05) is 31.8 Å². The van der Waals surface area contributed by atoms with Gasteiger partial charge in [-0.15, -0.1) is 0 Å². The Bertz CT molecular complexity index is 373. The average Bonchev–Trinajstić information content (AvgIpc) is 2.12. The summed E-state index contributed by atoms with van der Waals surface area (Å²) < 4.78 is 25.5. The second-order valence-corrected chi connectivity index (χ2v) is 4.98. The zero-order chi connectivity index (χ0) is 11.2. The van der Waals surface area contributed by atoms with Gasteiger partial charge in [-0.3, -0.25) is 0 Å². The maximum atomic E-state index is 12.7. The van der Waals surface area contributed by atoms with E-state index >= 15 is 0 Å². The topological polar surface area (TPSA) is 12.0 Å². The highest BCUT2D eigenvalue weighted by atomic mass is 19.3. The number of rotatable bonds is 2. The lowest BCUT2D eigenvalue weighted by Gasteiger charge is -2.35. The molecule has 1 aromatic rings. The summed E-state index contributed by atoms with van der Waals surface area (Å²) in [4.78, 5) is 0. The van der Waals surface area contributed by atoms with Crippen LogP contribution >= 0.6 is 0 Å². The highest BCUT2D eigenvalue weighted by Gasteiger charge is 2.45. The van der Waals surface area contributed by atoms with Crippen LogP contribution in [0, 0.1) is 0 Å². The van der Waals surface area contributed by atoms with Crippen molar-refractivity contribution in [3.8, 4) is 0 Å². The molecule has 2 fully saturated rings. The van der Waals surface area contributed by atoms with Crippen LogP contribution in [0.4, 0.5) is 8.78 Å². The highest BCUT2D eigenvalue weighted by Crippen LogP contribution is 2.48. The lowest BCUT2D eigenvalue weighted by Crippen LogP contribution is -2.39. The number of benzene rings is 1. The van der Waals surface area contributed by atoms with Crippen LogP contribution in [0.3, 0.4) is 0 Å². The number of alkyl halides is 2. The van der Waals surface area contributed by atoms with Gasteiger partial charge in [0.25, 0.3) is 0 Å². The molecule has 16 heavy (non-hydrogen) atoms.